The van der Waals surface area contributed by atoms with Gasteiger partial charge >= 0.3 is 5.97 Å². The summed E-state index contributed by atoms with van der Waals surface area (Å²) in [7, 11) is 0. The number of benzene rings is 3. The quantitative estimate of drug-likeness (QED) is 0.515. The Morgan fingerprint density at radius 2 is 1.52 bits per heavy atom. The van der Waals surface area contributed by atoms with Crippen molar-refractivity contribution >= 4 is 11.7 Å². The number of ether oxygens (including phenoxy) is 1. The van der Waals surface area contributed by atoms with Crippen molar-refractivity contribution in [3.05, 3.63) is 100 Å². The smallest absolute Gasteiger partial charge is 0.335 e. The summed E-state index contributed by atoms with van der Waals surface area (Å²) >= 11 is 0. The lowest BCUT2D eigenvalue weighted by atomic mass is 10.2. The molecule has 0 aromatic heterocycles. The Balaban J connectivity index is 0.000000199. The molecule has 0 aliphatic carbocycles. The maximum absolute atomic E-state index is 10.3. The summed E-state index contributed by atoms with van der Waals surface area (Å²) < 4.78 is 5.54. The highest BCUT2D eigenvalue weighted by Crippen LogP contribution is 2.17. The summed E-state index contributed by atoms with van der Waals surface area (Å²) in [6.07, 6.45) is 0. The van der Waals surface area contributed by atoms with Crippen molar-refractivity contribution in [1.82, 2.24) is 0 Å². The van der Waals surface area contributed by atoms with Gasteiger partial charge in [0.05, 0.1) is 10.5 Å². The van der Waals surface area contributed by atoms with E-state index in [9.17, 15) is 14.9 Å². The number of rotatable bonds is 5. The molecule has 3 aromatic carbocycles. The molecule has 0 saturated carbocycles. The Labute approximate surface area is 155 Å². The fourth-order valence-corrected chi connectivity index (χ4v) is 2.01. The minimum absolute atomic E-state index is 0.0422. The first kappa shape index (κ1) is 19.5. The number of non-ortho nitro benzene ring substituents is 1. The molecule has 0 heterocycles. The van der Waals surface area contributed by atoms with E-state index >= 15 is 0 Å². The molecule has 138 valence electrons. The standard InChI is InChI=1S/C13H12O2.C7H5NO4/c14-12-6-8-13(9-7-12)15-10-11-4-2-1-3-5-11;9-7(10)5-1-3-6(4-2-5)8(11)12/h1-9,14H,10H2;1-4H,(H,9,10). The maximum Gasteiger partial charge on any atom is 0.335 e. The van der Waals surface area contributed by atoms with E-state index in [1.165, 1.54) is 12.1 Å². The lowest BCUT2D eigenvalue weighted by Gasteiger charge is -2.05. The number of carboxylic acids is 1. The molecule has 3 rings (SSSR count). The molecule has 0 radical (unpaired) electrons. The van der Waals surface area contributed by atoms with Gasteiger partial charge in [-0.2, -0.15) is 0 Å². The van der Waals surface area contributed by atoms with Crippen LogP contribution in [0.2, 0.25) is 0 Å². The predicted octanol–water partition coefficient (Wildman–Crippen LogP) is 4.26. The molecule has 0 aliphatic rings. The number of hydrogen-bond donors (Lipinski definition) is 2. The van der Waals surface area contributed by atoms with Crippen LogP contribution in [0.5, 0.6) is 11.5 Å². The van der Waals surface area contributed by atoms with Gasteiger partial charge in [-0.3, -0.25) is 10.1 Å². The van der Waals surface area contributed by atoms with E-state index in [0.717, 1.165) is 23.4 Å². The number of phenolic OH excluding ortho intramolecular Hbond substituents is 1. The number of nitro benzene ring substituents is 1. The minimum Gasteiger partial charge on any atom is -0.508 e. The van der Waals surface area contributed by atoms with E-state index in [4.69, 9.17) is 14.9 Å². The molecule has 0 spiro atoms. The molecule has 0 aliphatic heterocycles. The molecule has 2 N–H and O–H groups in total. The fourth-order valence-electron chi connectivity index (χ4n) is 2.01. The van der Waals surface area contributed by atoms with Crippen LogP contribution in [0.4, 0.5) is 5.69 Å². The van der Waals surface area contributed by atoms with Gasteiger partial charge in [0.15, 0.2) is 0 Å². The molecule has 3 aromatic rings. The van der Waals surface area contributed by atoms with Gasteiger partial charge in [-0.05, 0) is 42.0 Å². The first-order valence-corrected chi connectivity index (χ1v) is 7.89. The number of nitro groups is 1. The molecular formula is C20H17NO6. The van der Waals surface area contributed by atoms with E-state index in [2.05, 4.69) is 0 Å². The molecule has 0 fully saturated rings. The molecule has 0 bridgehead atoms. The van der Waals surface area contributed by atoms with Crippen LogP contribution in [-0.2, 0) is 6.61 Å². The molecule has 0 saturated heterocycles. The van der Waals surface area contributed by atoms with Crippen molar-refractivity contribution in [2.45, 2.75) is 6.61 Å². The number of hydrogen-bond acceptors (Lipinski definition) is 5. The average Bonchev–Trinajstić information content (AvgIpc) is 2.69. The van der Waals surface area contributed by atoms with E-state index < -0.39 is 10.9 Å². The number of aromatic carboxylic acids is 1. The first-order chi connectivity index (χ1) is 13.0. The van der Waals surface area contributed by atoms with Crippen LogP contribution in [0.15, 0.2) is 78.9 Å². The van der Waals surface area contributed by atoms with Crippen molar-refractivity contribution in [1.29, 1.82) is 0 Å². The molecule has 7 heteroatoms. The second-order valence-electron chi connectivity index (χ2n) is 5.38. The summed E-state index contributed by atoms with van der Waals surface area (Å²) in [5, 5.41) is 27.7. The van der Waals surface area contributed by atoms with Gasteiger partial charge in [-0.1, -0.05) is 30.3 Å². The van der Waals surface area contributed by atoms with E-state index in [1.807, 2.05) is 30.3 Å². The van der Waals surface area contributed by atoms with Crippen LogP contribution in [-0.4, -0.2) is 21.1 Å². The monoisotopic (exact) mass is 367 g/mol. The van der Waals surface area contributed by atoms with Gasteiger partial charge in [0.1, 0.15) is 18.1 Å². The van der Waals surface area contributed by atoms with Crippen molar-refractivity contribution in [2.75, 3.05) is 0 Å². The Morgan fingerprint density at radius 1 is 0.926 bits per heavy atom. The third-order valence-corrected chi connectivity index (χ3v) is 3.41. The summed E-state index contributed by atoms with van der Waals surface area (Å²) in [4.78, 5) is 19.9. The number of nitrogens with zero attached hydrogens (tertiary/aromatic N) is 1. The Kier molecular flexibility index (Phi) is 6.90. The normalized spacial score (nSPS) is 9.63. The Morgan fingerprint density at radius 3 is 2.04 bits per heavy atom. The Bertz CT molecular complexity index is 844. The van der Waals surface area contributed by atoms with Crippen LogP contribution in [0.25, 0.3) is 0 Å². The summed E-state index contributed by atoms with van der Waals surface area (Å²) in [6.45, 7) is 0.547. The lowest BCUT2D eigenvalue weighted by Crippen LogP contribution is -1.96. The van der Waals surface area contributed by atoms with Crippen molar-refractivity contribution < 1.29 is 24.7 Å². The van der Waals surface area contributed by atoms with Crippen molar-refractivity contribution in [3.8, 4) is 11.5 Å². The highest BCUT2D eigenvalue weighted by Gasteiger charge is 2.06. The zero-order valence-electron chi connectivity index (χ0n) is 14.2. The number of aromatic hydroxyl groups is 1. The molecule has 0 atom stereocenters. The molecular weight excluding hydrogens is 350 g/mol. The third kappa shape index (κ3) is 6.50. The zero-order valence-corrected chi connectivity index (χ0v) is 14.2. The van der Waals surface area contributed by atoms with Crippen molar-refractivity contribution in [3.63, 3.8) is 0 Å². The number of carbonyl (C=O) groups is 1. The van der Waals surface area contributed by atoms with Gasteiger partial charge in [-0.15, -0.1) is 0 Å². The van der Waals surface area contributed by atoms with Gasteiger partial charge < -0.3 is 14.9 Å². The number of carboxylic acid groups (broad SMARTS) is 1. The Hall–Kier alpha value is -3.87. The molecule has 0 unspecified atom stereocenters. The predicted molar refractivity (Wildman–Crippen MR) is 98.9 cm³/mol. The van der Waals surface area contributed by atoms with Gasteiger partial charge in [-0.25, -0.2) is 4.79 Å². The highest BCUT2D eigenvalue weighted by atomic mass is 16.6. The summed E-state index contributed by atoms with van der Waals surface area (Å²) in [6, 6.07) is 21.4. The van der Waals surface area contributed by atoms with Gasteiger partial charge in [0.2, 0.25) is 0 Å². The van der Waals surface area contributed by atoms with E-state index in [1.54, 1.807) is 24.3 Å². The summed E-state index contributed by atoms with van der Waals surface area (Å²) in [5.41, 5.74) is 1.06. The van der Waals surface area contributed by atoms with Gasteiger partial charge in [0.25, 0.3) is 5.69 Å². The van der Waals surface area contributed by atoms with Crippen LogP contribution in [0.3, 0.4) is 0 Å². The molecule has 0 amide bonds. The van der Waals surface area contributed by atoms with Crippen molar-refractivity contribution in [2.24, 2.45) is 0 Å². The molecule has 27 heavy (non-hydrogen) atoms. The van der Waals surface area contributed by atoms with Crippen LogP contribution in [0.1, 0.15) is 15.9 Å². The maximum atomic E-state index is 10.3. The lowest BCUT2D eigenvalue weighted by molar-refractivity contribution is -0.384. The zero-order chi connectivity index (χ0) is 19.6. The highest BCUT2D eigenvalue weighted by molar-refractivity contribution is 5.87. The SMILES string of the molecule is O=C(O)c1ccc([N+](=O)[O-])cc1.Oc1ccc(OCc2ccccc2)cc1. The van der Waals surface area contributed by atoms with Crippen LogP contribution >= 0.6 is 0 Å². The van der Waals surface area contributed by atoms with Crippen LogP contribution < -0.4 is 4.74 Å². The second kappa shape index (κ2) is 9.57. The first-order valence-electron chi connectivity index (χ1n) is 7.89. The fraction of sp³-hybridized carbons (Fsp3) is 0.0500. The number of phenols is 1. The average molecular weight is 367 g/mol. The van der Waals surface area contributed by atoms with E-state index in [-0.39, 0.29) is 17.0 Å². The van der Waals surface area contributed by atoms with Gasteiger partial charge in [0, 0.05) is 12.1 Å². The summed E-state index contributed by atoms with van der Waals surface area (Å²) in [5.74, 6) is -0.0800. The largest absolute Gasteiger partial charge is 0.508 e. The second-order valence-corrected chi connectivity index (χ2v) is 5.38. The topological polar surface area (TPSA) is 110 Å². The van der Waals surface area contributed by atoms with Crippen LogP contribution in [0, 0.1) is 10.1 Å². The minimum atomic E-state index is -1.09. The van der Waals surface area contributed by atoms with E-state index in [0.29, 0.717) is 6.61 Å². The third-order valence-electron chi connectivity index (χ3n) is 3.41. The molecule has 7 nitrogen and oxygen atoms in total.